The van der Waals surface area contributed by atoms with Crippen molar-refractivity contribution in [3.8, 4) is 0 Å². The molecule has 0 aliphatic heterocycles. The van der Waals surface area contributed by atoms with Crippen LogP contribution in [0.2, 0.25) is 5.02 Å². The van der Waals surface area contributed by atoms with Crippen LogP contribution in [0.4, 0.5) is 11.5 Å². The van der Waals surface area contributed by atoms with Gasteiger partial charge in [-0.05, 0) is 37.6 Å². The average molecular weight is 406 g/mol. The van der Waals surface area contributed by atoms with Crippen molar-refractivity contribution < 1.29 is 19.1 Å². The highest BCUT2D eigenvalue weighted by molar-refractivity contribution is 7.20. The SMILES string of the molecule is CCOC(=O)c1sc2ncnc(Nc3cc(C(=O)OC)ccc3Cl)c2c1C. The van der Waals surface area contributed by atoms with Crippen LogP contribution in [0.15, 0.2) is 24.5 Å². The Bertz CT molecular complexity index is 1030. The Labute approximate surface area is 164 Å². The molecule has 0 unspecified atom stereocenters. The lowest BCUT2D eigenvalue weighted by atomic mass is 10.1. The number of thiophene rings is 1. The molecule has 0 fully saturated rings. The highest BCUT2D eigenvalue weighted by Gasteiger charge is 2.20. The number of nitrogens with one attached hydrogen (secondary N) is 1. The highest BCUT2D eigenvalue weighted by atomic mass is 35.5. The summed E-state index contributed by atoms with van der Waals surface area (Å²) in [5.41, 5.74) is 1.56. The quantitative estimate of drug-likeness (QED) is 0.630. The van der Waals surface area contributed by atoms with Gasteiger partial charge in [-0.25, -0.2) is 19.6 Å². The molecule has 27 heavy (non-hydrogen) atoms. The van der Waals surface area contributed by atoms with Gasteiger partial charge in [0, 0.05) is 0 Å². The molecule has 0 radical (unpaired) electrons. The van der Waals surface area contributed by atoms with Crippen molar-refractivity contribution in [1.82, 2.24) is 9.97 Å². The molecular formula is C18H16ClN3O4S. The Kier molecular flexibility index (Phi) is 5.57. The third-order valence-corrected chi connectivity index (χ3v) is 5.34. The van der Waals surface area contributed by atoms with Crippen LogP contribution < -0.4 is 5.32 Å². The smallest absolute Gasteiger partial charge is 0.348 e. The average Bonchev–Trinajstić information content (AvgIpc) is 3.01. The van der Waals surface area contributed by atoms with Crippen LogP contribution in [-0.4, -0.2) is 35.6 Å². The van der Waals surface area contributed by atoms with E-state index in [2.05, 4.69) is 15.3 Å². The van der Waals surface area contributed by atoms with Crippen molar-refractivity contribution in [2.45, 2.75) is 13.8 Å². The van der Waals surface area contributed by atoms with Crippen molar-refractivity contribution in [2.24, 2.45) is 0 Å². The second-order valence-electron chi connectivity index (χ2n) is 5.49. The highest BCUT2D eigenvalue weighted by Crippen LogP contribution is 2.36. The molecule has 0 saturated carbocycles. The molecule has 0 saturated heterocycles. The lowest BCUT2D eigenvalue weighted by Crippen LogP contribution is -2.04. The van der Waals surface area contributed by atoms with Crippen LogP contribution in [0.5, 0.6) is 0 Å². The van der Waals surface area contributed by atoms with Gasteiger partial charge >= 0.3 is 11.9 Å². The molecule has 3 rings (SSSR count). The third kappa shape index (κ3) is 3.72. The predicted octanol–water partition coefficient (Wildman–Crippen LogP) is 4.36. The first-order valence-corrected chi connectivity index (χ1v) is 9.21. The number of anilines is 2. The molecule has 0 aliphatic rings. The molecule has 1 N–H and O–H groups in total. The number of fused-ring (bicyclic) bond motifs is 1. The largest absolute Gasteiger partial charge is 0.465 e. The van der Waals surface area contributed by atoms with E-state index >= 15 is 0 Å². The molecule has 140 valence electrons. The normalized spacial score (nSPS) is 10.7. The summed E-state index contributed by atoms with van der Waals surface area (Å²) < 4.78 is 9.84. The molecule has 0 atom stereocenters. The first-order valence-electron chi connectivity index (χ1n) is 8.02. The Balaban J connectivity index is 2.06. The van der Waals surface area contributed by atoms with Gasteiger partial charge in [-0.1, -0.05) is 11.6 Å². The number of aromatic nitrogens is 2. The van der Waals surface area contributed by atoms with Crippen LogP contribution in [0, 0.1) is 6.92 Å². The molecule has 7 nitrogen and oxygen atoms in total. The number of nitrogens with zero attached hydrogens (tertiary/aromatic N) is 2. The Morgan fingerprint density at radius 2 is 2.04 bits per heavy atom. The fourth-order valence-electron chi connectivity index (χ4n) is 2.55. The number of aryl methyl sites for hydroxylation is 1. The molecule has 9 heteroatoms. The van der Waals surface area contributed by atoms with E-state index in [0.717, 1.165) is 5.56 Å². The molecule has 2 aromatic heterocycles. The lowest BCUT2D eigenvalue weighted by molar-refractivity contribution is 0.0530. The number of ether oxygens (including phenoxy) is 2. The summed E-state index contributed by atoms with van der Waals surface area (Å²) in [6.07, 6.45) is 1.40. The third-order valence-electron chi connectivity index (χ3n) is 3.83. The van der Waals surface area contributed by atoms with Crippen molar-refractivity contribution >= 4 is 56.6 Å². The predicted molar refractivity (Wildman–Crippen MR) is 104 cm³/mol. The van der Waals surface area contributed by atoms with Gasteiger partial charge in [0.05, 0.1) is 35.4 Å². The molecule has 1 aromatic carbocycles. The number of carbonyl (C=O) groups is 2. The maximum absolute atomic E-state index is 12.2. The van der Waals surface area contributed by atoms with Crippen molar-refractivity contribution in [3.05, 3.63) is 45.6 Å². The standard InChI is InChI=1S/C18H16ClN3O4S/c1-4-26-18(24)14-9(2)13-15(20-8-21-16(13)27-14)22-12-7-10(17(23)25-3)5-6-11(12)19/h5-8H,4H2,1-3H3,(H,20,21,22). The van der Waals surface area contributed by atoms with E-state index in [-0.39, 0.29) is 0 Å². The zero-order chi connectivity index (χ0) is 19.6. The van der Waals surface area contributed by atoms with Crippen LogP contribution in [0.3, 0.4) is 0 Å². The Morgan fingerprint density at radius 1 is 1.26 bits per heavy atom. The summed E-state index contributed by atoms with van der Waals surface area (Å²) in [5, 5.41) is 4.23. The zero-order valence-electron chi connectivity index (χ0n) is 14.8. The summed E-state index contributed by atoms with van der Waals surface area (Å²) in [4.78, 5) is 33.6. The number of hydrogen-bond acceptors (Lipinski definition) is 8. The molecule has 0 bridgehead atoms. The fourth-order valence-corrected chi connectivity index (χ4v) is 3.76. The van der Waals surface area contributed by atoms with E-state index in [1.165, 1.54) is 24.8 Å². The van der Waals surface area contributed by atoms with Gasteiger partial charge < -0.3 is 14.8 Å². The van der Waals surface area contributed by atoms with E-state index in [9.17, 15) is 9.59 Å². The van der Waals surface area contributed by atoms with Gasteiger partial charge in [-0.3, -0.25) is 0 Å². The van der Waals surface area contributed by atoms with Crippen molar-refractivity contribution in [2.75, 3.05) is 19.0 Å². The van der Waals surface area contributed by atoms with E-state index < -0.39 is 11.9 Å². The number of rotatable bonds is 5. The Morgan fingerprint density at radius 3 is 2.74 bits per heavy atom. The fraction of sp³-hybridized carbons (Fsp3) is 0.222. The summed E-state index contributed by atoms with van der Waals surface area (Å²) >= 11 is 7.49. The van der Waals surface area contributed by atoms with Gasteiger partial charge in [0.15, 0.2) is 0 Å². The van der Waals surface area contributed by atoms with Crippen LogP contribution in [0.1, 0.15) is 32.5 Å². The van der Waals surface area contributed by atoms with E-state index in [1.807, 2.05) is 6.92 Å². The molecule has 2 heterocycles. The topological polar surface area (TPSA) is 90.4 Å². The molecule has 0 spiro atoms. The van der Waals surface area contributed by atoms with Gasteiger partial charge in [0.1, 0.15) is 21.9 Å². The second-order valence-corrected chi connectivity index (χ2v) is 6.90. The minimum atomic E-state index is -0.473. The molecule has 3 aromatic rings. The maximum atomic E-state index is 12.2. The number of hydrogen-bond donors (Lipinski definition) is 1. The molecule has 0 aliphatic carbocycles. The van der Waals surface area contributed by atoms with Crippen LogP contribution >= 0.6 is 22.9 Å². The van der Waals surface area contributed by atoms with E-state index in [1.54, 1.807) is 25.1 Å². The monoisotopic (exact) mass is 405 g/mol. The number of benzene rings is 1. The number of carbonyl (C=O) groups excluding carboxylic acids is 2. The number of methoxy groups -OCH3 is 1. The maximum Gasteiger partial charge on any atom is 0.348 e. The summed E-state index contributed by atoms with van der Waals surface area (Å²) in [6.45, 7) is 3.86. The van der Waals surface area contributed by atoms with Gasteiger partial charge in [-0.2, -0.15) is 0 Å². The van der Waals surface area contributed by atoms with Gasteiger partial charge in [0.25, 0.3) is 0 Å². The minimum Gasteiger partial charge on any atom is -0.465 e. The Hall–Kier alpha value is -2.71. The second kappa shape index (κ2) is 7.89. The van der Waals surface area contributed by atoms with Crippen molar-refractivity contribution in [1.29, 1.82) is 0 Å². The van der Waals surface area contributed by atoms with E-state index in [4.69, 9.17) is 21.1 Å². The minimum absolute atomic E-state index is 0.291. The van der Waals surface area contributed by atoms with Gasteiger partial charge in [0.2, 0.25) is 0 Å². The summed E-state index contributed by atoms with van der Waals surface area (Å²) in [5.74, 6) is -0.387. The summed E-state index contributed by atoms with van der Waals surface area (Å²) in [6, 6.07) is 4.75. The number of esters is 2. The van der Waals surface area contributed by atoms with Crippen LogP contribution in [-0.2, 0) is 9.47 Å². The van der Waals surface area contributed by atoms with Crippen molar-refractivity contribution in [3.63, 3.8) is 0 Å². The number of halogens is 1. The first kappa shape index (κ1) is 19.1. The molecular weight excluding hydrogens is 390 g/mol. The first-order chi connectivity index (χ1) is 13.0. The lowest BCUT2D eigenvalue weighted by Gasteiger charge is -2.10. The van der Waals surface area contributed by atoms with Gasteiger partial charge in [-0.15, -0.1) is 11.3 Å². The van der Waals surface area contributed by atoms with E-state index in [0.29, 0.717) is 43.8 Å². The van der Waals surface area contributed by atoms with Crippen LogP contribution in [0.25, 0.3) is 10.2 Å². The summed E-state index contributed by atoms with van der Waals surface area (Å²) in [7, 11) is 1.31. The molecule has 0 amide bonds. The zero-order valence-corrected chi connectivity index (χ0v) is 16.4.